The van der Waals surface area contributed by atoms with E-state index in [0.29, 0.717) is 12.1 Å². The van der Waals surface area contributed by atoms with Gasteiger partial charge in [-0.05, 0) is 55.0 Å². The normalized spacial score (nSPS) is 13.5. The molecule has 0 radical (unpaired) electrons. The third-order valence-corrected chi connectivity index (χ3v) is 6.06. The number of rotatable bonds is 5. The van der Waals surface area contributed by atoms with Crippen molar-refractivity contribution in [2.45, 2.75) is 12.8 Å². The lowest BCUT2D eigenvalue weighted by molar-refractivity contribution is -0.117. The van der Waals surface area contributed by atoms with Crippen LogP contribution in [0.15, 0.2) is 76.7 Å². The van der Waals surface area contributed by atoms with Crippen LogP contribution in [0, 0.1) is 0 Å². The highest BCUT2D eigenvalue weighted by Gasteiger charge is 2.22. The summed E-state index contributed by atoms with van der Waals surface area (Å²) < 4.78 is 5.11. The molecule has 0 saturated carbocycles. The van der Waals surface area contributed by atoms with Crippen molar-refractivity contribution in [2.24, 2.45) is 0 Å². The van der Waals surface area contributed by atoms with Gasteiger partial charge >= 0.3 is 0 Å². The number of benzene rings is 2. The molecule has 1 N–H and O–H groups in total. The van der Waals surface area contributed by atoms with Crippen LogP contribution >= 0.6 is 11.3 Å². The Hall–Kier alpha value is -3.71. The zero-order valence-corrected chi connectivity index (χ0v) is 17.4. The molecule has 0 aliphatic carbocycles. The summed E-state index contributed by atoms with van der Waals surface area (Å²) in [5.41, 5.74) is 4.44. The van der Waals surface area contributed by atoms with E-state index in [-0.39, 0.29) is 17.6 Å². The largest absolute Gasteiger partial charge is 0.459 e. The van der Waals surface area contributed by atoms with Gasteiger partial charge < -0.3 is 14.6 Å². The number of aromatic nitrogens is 1. The Labute approximate surface area is 183 Å². The molecule has 1 aliphatic rings. The first-order valence-electron chi connectivity index (χ1n) is 9.99. The first-order chi connectivity index (χ1) is 15.2. The number of thiazole rings is 1. The van der Waals surface area contributed by atoms with E-state index in [1.54, 1.807) is 23.5 Å². The first kappa shape index (κ1) is 19.3. The second-order valence-corrected chi connectivity index (χ2v) is 8.10. The van der Waals surface area contributed by atoms with E-state index in [0.717, 1.165) is 40.5 Å². The Morgan fingerprint density at radius 2 is 1.94 bits per heavy atom. The van der Waals surface area contributed by atoms with E-state index >= 15 is 0 Å². The van der Waals surface area contributed by atoms with E-state index in [4.69, 9.17) is 9.40 Å². The maximum absolute atomic E-state index is 12.1. The predicted octanol–water partition coefficient (Wildman–Crippen LogP) is 5.45. The van der Waals surface area contributed by atoms with Crippen molar-refractivity contribution in [1.82, 2.24) is 4.98 Å². The molecular formula is C24H19N3O3S. The maximum Gasteiger partial charge on any atom is 0.291 e. The van der Waals surface area contributed by atoms with E-state index in [1.807, 2.05) is 58.8 Å². The molecule has 0 atom stereocenters. The molecule has 3 heterocycles. The van der Waals surface area contributed by atoms with Crippen molar-refractivity contribution in [3.63, 3.8) is 0 Å². The number of carbonyl (C=O) groups excluding carboxylic acids is 2. The highest BCUT2D eigenvalue weighted by molar-refractivity contribution is 7.13. The summed E-state index contributed by atoms with van der Waals surface area (Å²) in [6.45, 7) is 0.771. The van der Waals surface area contributed by atoms with Crippen molar-refractivity contribution < 1.29 is 14.0 Å². The Morgan fingerprint density at radius 3 is 2.68 bits per heavy atom. The molecule has 5 rings (SSSR count). The lowest BCUT2D eigenvalue weighted by atomic mass is 10.1. The monoisotopic (exact) mass is 429 g/mol. The van der Waals surface area contributed by atoms with Crippen molar-refractivity contribution in [3.05, 3.63) is 78.1 Å². The standard InChI is InChI=1S/C24H19N3O3S/c28-22-7-2-12-27(22)19-5-1-4-17(14-19)20-15-31-24(26-20)16-8-10-18(11-9-16)25-23(29)21-6-3-13-30-21/h1,3-6,8-11,13-15H,2,7,12H2,(H,25,29). The number of nitrogens with zero attached hydrogens (tertiary/aromatic N) is 2. The molecule has 2 aromatic heterocycles. The van der Waals surface area contributed by atoms with Crippen LogP contribution in [0.3, 0.4) is 0 Å². The van der Waals surface area contributed by atoms with Crippen molar-refractivity contribution >= 4 is 34.5 Å². The molecule has 1 saturated heterocycles. The number of furan rings is 1. The minimum Gasteiger partial charge on any atom is -0.459 e. The average molecular weight is 430 g/mol. The smallest absolute Gasteiger partial charge is 0.291 e. The Morgan fingerprint density at radius 1 is 1.06 bits per heavy atom. The van der Waals surface area contributed by atoms with Gasteiger partial charge in [0.2, 0.25) is 5.91 Å². The van der Waals surface area contributed by atoms with E-state index < -0.39 is 0 Å². The SMILES string of the molecule is O=C(Nc1ccc(-c2nc(-c3cccc(N4CCCC4=O)c3)cs2)cc1)c1ccco1. The van der Waals surface area contributed by atoms with Gasteiger partial charge in [-0.3, -0.25) is 9.59 Å². The van der Waals surface area contributed by atoms with Gasteiger partial charge in [0.15, 0.2) is 5.76 Å². The summed E-state index contributed by atoms with van der Waals surface area (Å²) >= 11 is 1.56. The molecule has 154 valence electrons. The fourth-order valence-electron chi connectivity index (χ4n) is 3.59. The highest BCUT2D eigenvalue weighted by Crippen LogP contribution is 2.32. The van der Waals surface area contributed by atoms with Gasteiger partial charge in [-0.15, -0.1) is 11.3 Å². The number of carbonyl (C=O) groups is 2. The van der Waals surface area contributed by atoms with Gasteiger partial charge in [-0.1, -0.05) is 12.1 Å². The number of hydrogen-bond acceptors (Lipinski definition) is 5. The van der Waals surface area contributed by atoms with Crippen LogP contribution in [0.25, 0.3) is 21.8 Å². The van der Waals surface area contributed by atoms with Crippen molar-refractivity contribution in [2.75, 3.05) is 16.8 Å². The predicted molar refractivity (Wildman–Crippen MR) is 121 cm³/mol. The third-order valence-electron chi connectivity index (χ3n) is 5.17. The zero-order valence-electron chi connectivity index (χ0n) is 16.6. The molecule has 0 bridgehead atoms. The summed E-state index contributed by atoms with van der Waals surface area (Å²) in [5.74, 6) is 0.160. The minimum absolute atomic E-state index is 0.176. The quantitative estimate of drug-likeness (QED) is 0.458. The summed E-state index contributed by atoms with van der Waals surface area (Å²) in [6, 6.07) is 18.8. The summed E-state index contributed by atoms with van der Waals surface area (Å²) in [4.78, 5) is 30.8. The van der Waals surface area contributed by atoms with E-state index in [1.165, 1.54) is 6.26 Å². The van der Waals surface area contributed by atoms with Gasteiger partial charge in [0, 0.05) is 40.8 Å². The van der Waals surface area contributed by atoms with Crippen LogP contribution in [-0.2, 0) is 4.79 Å². The van der Waals surface area contributed by atoms with Gasteiger partial charge in [0.05, 0.1) is 12.0 Å². The van der Waals surface area contributed by atoms with Gasteiger partial charge in [-0.25, -0.2) is 4.98 Å². The van der Waals surface area contributed by atoms with Crippen LogP contribution in [0.5, 0.6) is 0 Å². The molecule has 7 heteroatoms. The molecule has 2 aromatic carbocycles. The first-order valence-corrected chi connectivity index (χ1v) is 10.9. The molecule has 1 aliphatic heterocycles. The topological polar surface area (TPSA) is 75.4 Å². The molecular weight excluding hydrogens is 410 g/mol. The lowest BCUT2D eigenvalue weighted by Crippen LogP contribution is -2.23. The molecule has 31 heavy (non-hydrogen) atoms. The second kappa shape index (κ2) is 8.20. The fourth-order valence-corrected chi connectivity index (χ4v) is 4.43. The van der Waals surface area contributed by atoms with Crippen LogP contribution in [0.1, 0.15) is 23.4 Å². The van der Waals surface area contributed by atoms with Gasteiger partial charge in [0.1, 0.15) is 5.01 Å². The summed E-state index contributed by atoms with van der Waals surface area (Å²) in [7, 11) is 0. The fraction of sp³-hybridized carbons (Fsp3) is 0.125. The molecule has 1 fully saturated rings. The van der Waals surface area contributed by atoms with Gasteiger partial charge in [0.25, 0.3) is 5.91 Å². The number of anilines is 2. The highest BCUT2D eigenvalue weighted by atomic mass is 32.1. The minimum atomic E-state index is -0.286. The Kier molecular flexibility index (Phi) is 5.09. The van der Waals surface area contributed by atoms with Crippen LogP contribution in [0.2, 0.25) is 0 Å². The number of hydrogen-bond donors (Lipinski definition) is 1. The summed E-state index contributed by atoms with van der Waals surface area (Å²) in [6.07, 6.45) is 2.99. The van der Waals surface area contributed by atoms with Crippen LogP contribution in [-0.4, -0.2) is 23.3 Å². The van der Waals surface area contributed by atoms with Crippen molar-refractivity contribution in [3.8, 4) is 21.8 Å². The second-order valence-electron chi connectivity index (χ2n) is 7.25. The Bertz CT molecular complexity index is 1230. The van der Waals surface area contributed by atoms with Crippen LogP contribution < -0.4 is 10.2 Å². The zero-order chi connectivity index (χ0) is 21.2. The molecule has 0 spiro atoms. The van der Waals surface area contributed by atoms with Gasteiger partial charge in [-0.2, -0.15) is 0 Å². The molecule has 0 unspecified atom stereocenters. The van der Waals surface area contributed by atoms with E-state index in [2.05, 4.69) is 5.32 Å². The average Bonchev–Trinajstić information content (AvgIpc) is 3.56. The Balaban J connectivity index is 1.33. The number of amides is 2. The number of nitrogens with one attached hydrogen (secondary N) is 1. The third kappa shape index (κ3) is 4.00. The summed E-state index contributed by atoms with van der Waals surface area (Å²) in [5, 5.41) is 5.72. The molecule has 2 amide bonds. The maximum atomic E-state index is 12.1. The van der Waals surface area contributed by atoms with Crippen molar-refractivity contribution in [1.29, 1.82) is 0 Å². The molecule has 6 nitrogen and oxygen atoms in total. The van der Waals surface area contributed by atoms with Crippen LogP contribution in [0.4, 0.5) is 11.4 Å². The van der Waals surface area contributed by atoms with E-state index in [9.17, 15) is 9.59 Å². The lowest BCUT2D eigenvalue weighted by Gasteiger charge is -2.16. The molecule has 4 aromatic rings.